The van der Waals surface area contributed by atoms with Crippen LogP contribution in [0, 0.1) is 11.8 Å². The lowest BCUT2D eigenvalue weighted by Gasteiger charge is -2.36. The number of esters is 1. The summed E-state index contributed by atoms with van der Waals surface area (Å²) < 4.78 is 4.78. The average Bonchev–Trinajstić information content (AvgIpc) is 2.37. The number of carbonyl (C=O) groups is 1. The molecule has 3 unspecified atom stereocenters. The second kappa shape index (κ2) is 7.00. The van der Waals surface area contributed by atoms with Crippen LogP contribution in [-0.4, -0.2) is 37.6 Å². The highest BCUT2D eigenvalue weighted by molar-refractivity contribution is 5.72. The first-order valence-electron chi connectivity index (χ1n) is 6.86. The summed E-state index contributed by atoms with van der Waals surface area (Å²) in [4.78, 5) is 13.8. The number of methoxy groups -OCH3 is 1. The normalized spacial score (nSPS) is 26.9. The molecule has 0 spiro atoms. The van der Waals surface area contributed by atoms with E-state index in [1.165, 1.54) is 39.2 Å². The van der Waals surface area contributed by atoms with Gasteiger partial charge in [-0.15, -0.1) is 0 Å². The smallest absolute Gasteiger partial charge is 0.309 e. The van der Waals surface area contributed by atoms with Gasteiger partial charge in [0.25, 0.3) is 0 Å². The molecule has 0 saturated heterocycles. The number of hydrogen-bond acceptors (Lipinski definition) is 3. The van der Waals surface area contributed by atoms with Crippen LogP contribution >= 0.6 is 0 Å². The van der Waals surface area contributed by atoms with Gasteiger partial charge < -0.3 is 9.64 Å². The molecule has 17 heavy (non-hydrogen) atoms. The molecule has 0 aromatic rings. The van der Waals surface area contributed by atoms with E-state index in [0.29, 0.717) is 6.04 Å². The van der Waals surface area contributed by atoms with Gasteiger partial charge in [-0.2, -0.15) is 0 Å². The number of hydrogen-bond donors (Lipinski definition) is 0. The lowest BCUT2D eigenvalue weighted by Crippen LogP contribution is -2.40. The van der Waals surface area contributed by atoms with E-state index in [0.717, 1.165) is 12.5 Å². The summed E-state index contributed by atoms with van der Waals surface area (Å²) in [5, 5.41) is 0. The zero-order valence-corrected chi connectivity index (χ0v) is 11.7. The molecule has 0 radical (unpaired) electrons. The van der Waals surface area contributed by atoms with Crippen LogP contribution in [-0.2, 0) is 9.53 Å². The molecule has 100 valence electrons. The van der Waals surface area contributed by atoms with Crippen molar-refractivity contribution in [1.82, 2.24) is 4.90 Å². The van der Waals surface area contributed by atoms with Gasteiger partial charge in [-0.1, -0.05) is 33.1 Å². The van der Waals surface area contributed by atoms with E-state index < -0.39 is 0 Å². The summed E-state index contributed by atoms with van der Waals surface area (Å²) in [6, 6.07) is 0.654. The first-order chi connectivity index (χ1) is 8.08. The third-order valence-corrected chi connectivity index (χ3v) is 4.12. The van der Waals surface area contributed by atoms with Crippen molar-refractivity contribution in [3.63, 3.8) is 0 Å². The molecular weight excluding hydrogens is 214 g/mol. The summed E-state index contributed by atoms with van der Waals surface area (Å²) in [5.41, 5.74) is 0. The highest BCUT2D eigenvalue weighted by Crippen LogP contribution is 2.29. The lowest BCUT2D eigenvalue weighted by molar-refractivity contribution is -0.145. The van der Waals surface area contributed by atoms with Crippen molar-refractivity contribution in [2.45, 2.75) is 52.0 Å². The van der Waals surface area contributed by atoms with E-state index in [-0.39, 0.29) is 11.9 Å². The Morgan fingerprint density at radius 1 is 1.47 bits per heavy atom. The Kier molecular flexibility index (Phi) is 5.96. The van der Waals surface area contributed by atoms with Gasteiger partial charge in [0.1, 0.15) is 0 Å². The number of carbonyl (C=O) groups excluding carboxylic acids is 1. The third kappa shape index (κ3) is 4.30. The average molecular weight is 241 g/mol. The Bertz CT molecular complexity index is 242. The molecule has 0 N–H and O–H groups in total. The molecule has 3 atom stereocenters. The van der Waals surface area contributed by atoms with E-state index in [2.05, 4.69) is 18.9 Å². The quantitative estimate of drug-likeness (QED) is 0.693. The SMILES string of the molecule is CCC1CCCC(N(C)CC(C)C(=O)OC)C1. The Hall–Kier alpha value is -0.570. The monoisotopic (exact) mass is 241 g/mol. The molecule has 0 aliphatic heterocycles. The van der Waals surface area contributed by atoms with Crippen molar-refractivity contribution in [1.29, 1.82) is 0 Å². The molecule has 1 aliphatic rings. The Morgan fingerprint density at radius 3 is 2.76 bits per heavy atom. The van der Waals surface area contributed by atoms with Crippen LogP contribution in [0.2, 0.25) is 0 Å². The zero-order valence-electron chi connectivity index (χ0n) is 11.7. The van der Waals surface area contributed by atoms with Crippen molar-refractivity contribution >= 4 is 5.97 Å². The molecule has 0 aromatic carbocycles. The van der Waals surface area contributed by atoms with Crippen LogP contribution in [0.25, 0.3) is 0 Å². The van der Waals surface area contributed by atoms with Gasteiger partial charge in [-0.25, -0.2) is 0 Å². The Morgan fingerprint density at radius 2 is 2.18 bits per heavy atom. The second-order valence-electron chi connectivity index (χ2n) is 5.46. The molecule has 1 rings (SSSR count). The maximum atomic E-state index is 11.4. The summed E-state index contributed by atoms with van der Waals surface area (Å²) in [6.07, 6.45) is 6.58. The summed E-state index contributed by atoms with van der Waals surface area (Å²) >= 11 is 0. The first-order valence-corrected chi connectivity index (χ1v) is 6.86. The highest BCUT2D eigenvalue weighted by Gasteiger charge is 2.26. The van der Waals surface area contributed by atoms with Gasteiger partial charge in [0, 0.05) is 12.6 Å². The molecule has 0 amide bonds. The molecule has 1 aliphatic carbocycles. The first kappa shape index (κ1) is 14.5. The van der Waals surface area contributed by atoms with Gasteiger partial charge >= 0.3 is 5.97 Å². The number of nitrogens with zero attached hydrogens (tertiary/aromatic N) is 1. The standard InChI is InChI=1S/C14H27NO2/c1-5-12-7-6-8-13(9-12)15(3)10-11(2)14(16)17-4/h11-13H,5-10H2,1-4H3. The Labute approximate surface area is 106 Å². The van der Waals surface area contributed by atoms with E-state index in [1.54, 1.807) is 0 Å². The molecule has 1 fully saturated rings. The number of ether oxygens (including phenoxy) is 1. The van der Waals surface area contributed by atoms with Crippen LogP contribution < -0.4 is 0 Å². The van der Waals surface area contributed by atoms with Crippen molar-refractivity contribution in [2.75, 3.05) is 20.7 Å². The minimum atomic E-state index is -0.0975. The predicted molar refractivity (Wildman–Crippen MR) is 69.8 cm³/mol. The molecule has 3 nitrogen and oxygen atoms in total. The van der Waals surface area contributed by atoms with E-state index in [4.69, 9.17) is 4.74 Å². The van der Waals surface area contributed by atoms with Crippen molar-refractivity contribution in [2.24, 2.45) is 11.8 Å². The highest BCUT2D eigenvalue weighted by atomic mass is 16.5. The lowest BCUT2D eigenvalue weighted by atomic mass is 9.83. The van der Waals surface area contributed by atoms with E-state index in [1.807, 2.05) is 6.92 Å². The van der Waals surface area contributed by atoms with Gasteiger partial charge in [-0.3, -0.25) is 4.79 Å². The topological polar surface area (TPSA) is 29.5 Å². The summed E-state index contributed by atoms with van der Waals surface area (Å²) in [5.74, 6) is 0.760. The minimum absolute atomic E-state index is 0.0213. The zero-order chi connectivity index (χ0) is 12.8. The van der Waals surface area contributed by atoms with Crippen molar-refractivity contribution in [3.8, 4) is 0 Å². The van der Waals surface area contributed by atoms with Crippen LogP contribution in [0.3, 0.4) is 0 Å². The molecule has 1 saturated carbocycles. The second-order valence-corrected chi connectivity index (χ2v) is 5.46. The summed E-state index contributed by atoms with van der Waals surface area (Å²) in [7, 11) is 3.61. The molecule has 0 aromatic heterocycles. The fraction of sp³-hybridized carbons (Fsp3) is 0.929. The van der Waals surface area contributed by atoms with Crippen molar-refractivity contribution < 1.29 is 9.53 Å². The van der Waals surface area contributed by atoms with E-state index in [9.17, 15) is 4.79 Å². The van der Waals surface area contributed by atoms with Crippen LogP contribution in [0.4, 0.5) is 0 Å². The maximum Gasteiger partial charge on any atom is 0.309 e. The van der Waals surface area contributed by atoms with Gasteiger partial charge in [0.2, 0.25) is 0 Å². The summed E-state index contributed by atoms with van der Waals surface area (Å²) in [6.45, 7) is 5.04. The van der Waals surface area contributed by atoms with Crippen molar-refractivity contribution in [3.05, 3.63) is 0 Å². The Balaban J connectivity index is 2.41. The fourth-order valence-electron chi connectivity index (χ4n) is 2.89. The van der Waals surface area contributed by atoms with Gasteiger partial charge in [-0.05, 0) is 25.8 Å². The number of rotatable bonds is 5. The molecule has 0 bridgehead atoms. The maximum absolute atomic E-state index is 11.4. The van der Waals surface area contributed by atoms with Gasteiger partial charge in [0.05, 0.1) is 13.0 Å². The molecule has 0 heterocycles. The molecular formula is C14H27NO2. The van der Waals surface area contributed by atoms with Gasteiger partial charge in [0.15, 0.2) is 0 Å². The minimum Gasteiger partial charge on any atom is -0.469 e. The van der Waals surface area contributed by atoms with Crippen LogP contribution in [0.5, 0.6) is 0 Å². The predicted octanol–water partition coefficient (Wildman–Crippen LogP) is 2.70. The molecule has 3 heteroatoms. The largest absolute Gasteiger partial charge is 0.469 e. The van der Waals surface area contributed by atoms with Crippen LogP contribution in [0.15, 0.2) is 0 Å². The van der Waals surface area contributed by atoms with E-state index >= 15 is 0 Å². The fourth-order valence-corrected chi connectivity index (χ4v) is 2.89. The van der Waals surface area contributed by atoms with Crippen LogP contribution in [0.1, 0.15) is 46.0 Å². The third-order valence-electron chi connectivity index (χ3n) is 4.12.